The van der Waals surface area contributed by atoms with E-state index in [0.29, 0.717) is 24.4 Å². The number of nitrogens with one attached hydrogen (secondary N) is 2. The molecule has 10 heteroatoms. The number of aromatic amines is 1. The third kappa shape index (κ3) is 5.47. The second kappa shape index (κ2) is 9.97. The summed E-state index contributed by atoms with van der Waals surface area (Å²) in [5, 5.41) is 10.8. The van der Waals surface area contributed by atoms with Crippen molar-refractivity contribution in [3.8, 4) is 17.1 Å². The van der Waals surface area contributed by atoms with Gasteiger partial charge in [0.1, 0.15) is 5.75 Å². The van der Waals surface area contributed by atoms with Crippen molar-refractivity contribution in [2.24, 2.45) is 5.92 Å². The van der Waals surface area contributed by atoms with Crippen molar-refractivity contribution in [2.75, 3.05) is 25.5 Å². The summed E-state index contributed by atoms with van der Waals surface area (Å²) in [5.41, 5.74) is 1.55. The summed E-state index contributed by atoms with van der Waals surface area (Å²) in [6, 6.07) is 16.6. The topological polar surface area (TPSA) is 117 Å². The Hall–Kier alpha value is -3.50. The van der Waals surface area contributed by atoms with Gasteiger partial charge in [0.2, 0.25) is 21.9 Å². The van der Waals surface area contributed by atoms with Crippen LogP contribution in [0.5, 0.6) is 5.75 Å². The van der Waals surface area contributed by atoms with Gasteiger partial charge in [-0.25, -0.2) is 8.42 Å². The minimum absolute atomic E-state index is 0.168. The van der Waals surface area contributed by atoms with Crippen LogP contribution in [0.4, 0.5) is 5.95 Å². The number of sulfonamides is 1. The van der Waals surface area contributed by atoms with Crippen molar-refractivity contribution in [3.63, 3.8) is 0 Å². The summed E-state index contributed by atoms with van der Waals surface area (Å²) < 4.78 is 32.0. The summed E-state index contributed by atoms with van der Waals surface area (Å²) in [7, 11) is -1.97. The van der Waals surface area contributed by atoms with Gasteiger partial charge in [0, 0.05) is 24.4 Å². The van der Waals surface area contributed by atoms with Gasteiger partial charge < -0.3 is 4.74 Å². The number of piperidine rings is 1. The number of carbonyl (C=O) groups is 1. The van der Waals surface area contributed by atoms with E-state index in [1.165, 1.54) is 9.71 Å². The van der Waals surface area contributed by atoms with Crippen LogP contribution in [0.3, 0.4) is 0 Å². The van der Waals surface area contributed by atoms with Gasteiger partial charge >= 0.3 is 0 Å². The maximum Gasteiger partial charge on any atom is 0.249 e. The second-order valence-corrected chi connectivity index (χ2v) is 9.45. The van der Waals surface area contributed by atoms with E-state index in [-0.39, 0.29) is 30.9 Å². The molecule has 0 unspecified atom stereocenters. The molecule has 2 N–H and O–H groups in total. The lowest BCUT2D eigenvalue weighted by Gasteiger charge is -2.29. The van der Waals surface area contributed by atoms with E-state index in [4.69, 9.17) is 4.74 Å². The fourth-order valence-electron chi connectivity index (χ4n) is 3.68. The van der Waals surface area contributed by atoms with E-state index in [1.54, 1.807) is 13.2 Å². The van der Waals surface area contributed by atoms with Gasteiger partial charge in [0.25, 0.3) is 0 Å². The lowest BCUT2D eigenvalue weighted by Crippen LogP contribution is -2.40. The number of anilines is 1. The molecule has 1 saturated heterocycles. The average Bonchev–Trinajstić information content (AvgIpc) is 3.31. The van der Waals surface area contributed by atoms with Crippen LogP contribution in [-0.2, 0) is 14.8 Å². The number of carbonyl (C=O) groups excluding carboxylic acids is 1. The van der Waals surface area contributed by atoms with E-state index in [9.17, 15) is 13.2 Å². The first-order chi connectivity index (χ1) is 16.0. The Morgan fingerprint density at radius 1 is 1.12 bits per heavy atom. The number of hydrogen-bond donors (Lipinski definition) is 2. The minimum Gasteiger partial charge on any atom is -0.496 e. The summed E-state index contributed by atoms with van der Waals surface area (Å²) >= 11 is 0. The molecular formula is C23H25N5O4S. The number of amides is 1. The van der Waals surface area contributed by atoms with Crippen molar-refractivity contribution in [2.45, 2.75) is 12.8 Å². The Kier molecular flexibility index (Phi) is 6.85. The number of H-pyrrole nitrogens is 1. The molecule has 33 heavy (non-hydrogen) atoms. The Labute approximate surface area is 192 Å². The Bertz CT molecular complexity index is 1230. The molecule has 9 nitrogen and oxygen atoms in total. The molecule has 4 rings (SSSR count). The van der Waals surface area contributed by atoms with Crippen molar-refractivity contribution >= 4 is 28.0 Å². The maximum absolute atomic E-state index is 12.7. The van der Waals surface area contributed by atoms with Crippen LogP contribution < -0.4 is 10.1 Å². The fraction of sp³-hybridized carbons (Fsp3) is 0.261. The smallest absolute Gasteiger partial charge is 0.249 e. The first kappa shape index (κ1) is 22.7. The molecule has 0 aliphatic carbocycles. The molecule has 2 aromatic carbocycles. The number of hydrogen-bond acceptors (Lipinski definition) is 6. The zero-order valence-corrected chi connectivity index (χ0v) is 19.0. The van der Waals surface area contributed by atoms with Crippen LogP contribution in [0, 0.1) is 5.92 Å². The highest BCUT2D eigenvalue weighted by Crippen LogP contribution is 2.27. The molecule has 0 radical (unpaired) electrons. The monoisotopic (exact) mass is 467 g/mol. The number of para-hydroxylation sites is 1. The van der Waals surface area contributed by atoms with Crippen LogP contribution in [0.25, 0.3) is 17.5 Å². The normalized spacial score (nSPS) is 15.5. The van der Waals surface area contributed by atoms with Crippen LogP contribution in [0.1, 0.15) is 18.4 Å². The SMILES string of the molecule is COc1ccccc1-c1nc(NC(=O)C2CCN(S(=O)(=O)/C=C/c3ccccc3)CC2)n[nH]1. The van der Waals surface area contributed by atoms with Crippen LogP contribution >= 0.6 is 0 Å². The minimum atomic E-state index is -3.54. The van der Waals surface area contributed by atoms with E-state index in [2.05, 4.69) is 20.5 Å². The van der Waals surface area contributed by atoms with Crippen molar-refractivity contribution in [3.05, 3.63) is 65.6 Å². The molecule has 1 fully saturated rings. The van der Waals surface area contributed by atoms with E-state index < -0.39 is 10.0 Å². The first-order valence-electron chi connectivity index (χ1n) is 10.6. The van der Waals surface area contributed by atoms with E-state index in [1.807, 2.05) is 54.6 Å². The van der Waals surface area contributed by atoms with Gasteiger partial charge in [0.15, 0.2) is 5.82 Å². The van der Waals surface area contributed by atoms with Gasteiger partial charge in [-0.1, -0.05) is 42.5 Å². The highest BCUT2D eigenvalue weighted by molar-refractivity contribution is 7.92. The molecular weight excluding hydrogens is 442 g/mol. The molecule has 1 aromatic heterocycles. The number of ether oxygens (including phenoxy) is 1. The number of nitrogens with zero attached hydrogens (tertiary/aromatic N) is 3. The molecule has 0 atom stereocenters. The highest BCUT2D eigenvalue weighted by atomic mass is 32.2. The quantitative estimate of drug-likeness (QED) is 0.551. The fourth-order valence-corrected chi connectivity index (χ4v) is 4.90. The summed E-state index contributed by atoms with van der Waals surface area (Å²) in [6.07, 6.45) is 2.43. The van der Waals surface area contributed by atoms with Gasteiger partial charge in [-0.3, -0.25) is 15.2 Å². The molecule has 1 aliphatic heterocycles. The third-order valence-corrected chi connectivity index (χ3v) is 7.06. The van der Waals surface area contributed by atoms with Gasteiger partial charge in [-0.2, -0.15) is 9.29 Å². The summed E-state index contributed by atoms with van der Waals surface area (Å²) in [5.74, 6) is 0.747. The predicted molar refractivity (Wildman–Crippen MR) is 126 cm³/mol. The zero-order valence-electron chi connectivity index (χ0n) is 18.1. The van der Waals surface area contributed by atoms with E-state index in [0.717, 1.165) is 11.1 Å². The third-order valence-electron chi connectivity index (χ3n) is 5.50. The van der Waals surface area contributed by atoms with Gasteiger partial charge in [-0.05, 0) is 36.6 Å². The average molecular weight is 468 g/mol. The molecule has 0 spiro atoms. The predicted octanol–water partition coefficient (Wildman–Crippen LogP) is 3.13. The Balaban J connectivity index is 1.33. The second-order valence-electron chi connectivity index (χ2n) is 7.63. The number of benzene rings is 2. The van der Waals surface area contributed by atoms with Gasteiger partial charge in [-0.15, -0.1) is 5.10 Å². The molecule has 0 saturated carbocycles. The Morgan fingerprint density at radius 3 is 2.55 bits per heavy atom. The molecule has 0 bridgehead atoms. The molecule has 172 valence electrons. The Morgan fingerprint density at radius 2 is 1.82 bits per heavy atom. The van der Waals surface area contributed by atoms with Crippen molar-refractivity contribution < 1.29 is 17.9 Å². The molecule has 1 amide bonds. The van der Waals surface area contributed by atoms with Gasteiger partial charge in [0.05, 0.1) is 12.7 Å². The lowest BCUT2D eigenvalue weighted by molar-refractivity contribution is -0.120. The van der Waals surface area contributed by atoms with Crippen LogP contribution in [0.2, 0.25) is 0 Å². The number of aromatic nitrogens is 3. The molecule has 2 heterocycles. The summed E-state index contributed by atoms with van der Waals surface area (Å²) in [4.78, 5) is 17.0. The van der Waals surface area contributed by atoms with Crippen molar-refractivity contribution in [1.82, 2.24) is 19.5 Å². The van der Waals surface area contributed by atoms with Crippen LogP contribution in [0.15, 0.2) is 60.0 Å². The number of rotatable bonds is 7. The zero-order chi connectivity index (χ0) is 23.3. The maximum atomic E-state index is 12.7. The first-order valence-corrected chi connectivity index (χ1v) is 12.1. The molecule has 1 aliphatic rings. The largest absolute Gasteiger partial charge is 0.496 e. The van der Waals surface area contributed by atoms with Crippen molar-refractivity contribution in [1.29, 1.82) is 0 Å². The molecule has 3 aromatic rings. The highest BCUT2D eigenvalue weighted by Gasteiger charge is 2.30. The number of methoxy groups -OCH3 is 1. The van der Waals surface area contributed by atoms with Crippen LogP contribution in [-0.4, -0.2) is 54.0 Å². The standard InChI is InChI=1S/C23H25N5O4S/c1-32-20-10-6-5-9-19(20)21-24-23(27-26-21)25-22(29)18-11-14-28(15-12-18)33(30,31)16-13-17-7-3-2-4-8-17/h2-10,13,16,18H,11-12,14-15H2,1H3,(H2,24,25,26,27,29)/b16-13+. The summed E-state index contributed by atoms with van der Waals surface area (Å²) in [6.45, 7) is 0.556. The van der Waals surface area contributed by atoms with E-state index >= 15 is 0 Å². The lowest BCUT2D eigenvalue weighted by atomic mass is 9.97.